The van der Waals surface area contributed by atoms with E-state index in [1.54, 1.807) is 30.6 Å². The van der Waals surface area contributed by atoms with Crippen molar-refractivity contribution in [1.29, 1.82) is 0 Å². The zero-order valence-corrected chi connectivity index (χ0v) is 15.4. The molecule has 2 aromatic carbocycles. The van der Waals surface area contributed by atoms with Crippen molar-refractivity contribution in [2.75, 3.05) is 11.9 Å². The number of imidazole rings is 1. The van der Waals surface area contributed by atoms with Crippen LogP contribution in [-0.4, -0.2) is 38.6 Å². The van der Waals surface area contributed by atoms with E-state index in [0.29, 0.717) is 30.0 Å². The van der Waals surface area contributed by atoms with Gasteiger partial charge in [-0.1, -0.05) is 18.2 Å². The average Bonchev–Trinajstić information content (AvgIpc) is 3.03. The lowest BCUT2D eigenvalue weighted by Gasteiger charge is -2.11. The minimum Gasteiger partial charge on any atom is -0.478 e. The van der Waals surface area contributed by atoms with Crippen LogP contribution in [0.3, 0.4) is 0 Å². The predicted octanol–water partition coefficient (Wildman–Crippen LogP) is 3.12. The van der Waals surface area contributed by atoms with E-state index in [1.807, 2.05) is 10.6 Å². The van der Waals surface area contributed by atoms with Crippen LogP contribution in [0.4, 0.5) is 10.2 Å². The van der Waals surface area contributed by atoms with Gasteiger partial charge in [-0.25, -0.2) is 14.2 Å². The van der Waals surface area contributed by atoms with Gasteiger partial charge < -0.3 is 20.1 Å². The zero-order valence-electron chi connectivity index (χ0n) is 15.4. The first-order valence-electron chi connectivity index (χ1n) is 9.12. The maximum absolute atomic E-state index is 13.2. The standard InChI is InChI=1S/C21H19FN4O3/c22-17-3-1-14(2-4-17)15-7-13(8-16(9-15)21(28)29)5-6-26-12-25-19-18(27)10-23-11-24-20(19)26/h1-4,7-9,11-12,18,27H,5-6,10H2,(H,23,24)(H,28,29). The summed E-state index contributed by atoms with van der Waals surface area (Å²) < 4.78 is 15.1. The van der Waals surface area contributed by atoms with E-state index in [9.17, 15) is 19.4 Å². The van der Waals surface area contributed by atoms with Gasteiger partial charge in [0.25, 0.3) is 0 Å². The third-order valence-corrected chi connectivity index (χ3v) is 4.81. The van der Waals surface area contributed by atoms with E-state index in [2.05, 4.69) is 15.3 Å². The van der Waals surface area contributed by atoms with Gasteiger partial charge in [0, 0.05) is 6.54 Å². The first kappa shape index (κ1) is 18.8. The summed E-state index contributed by atoms with van der Waals surface area (Å²) in [6.07, 6.45) is 2.96. The van der Waals surface area contributed by atoms with Crippen molar-refractivity contribution in [3.05, 3.63) is 71.4 Å². The maximum atomic E-state index is 13.2. The highest BCUT2D eigenvalue weighted by Gasteiger charge is 2.20. The van der Waals surface area contributed by atoms with Gasteiger partial charge in [0.1, 0.15) is 23.4 Å². The Bertz CT molecular complexity index is 1080. The van der Waals surface area contributed by atoms with Gasteiger partial charge in [0.2, 0.25) is 0 Å². The fraction of sp³-hybridized carbons (Fsp3) is 0.190. The number of carboxylic acids is 1. The topological polar surface area (TPSA) is 99.7 Å². The Morgan fingerprint density at radius 2 is 2.00 bits per heavy atom. The molecule has 1 aliphatic heterocycles. The van der Waals surface area contributed by atoms with E-state index >= 15 is 0 Å². The van der Waals surface area contributed by atoms with Crippen molar-refractivity contribution in [1.82, 2.24) is 9.55 Å². The van der Waals surface area contributed by atoms with Gasteiger partial charge in [-0.15, -0.1) is 0 Å². The molecule has 29 heavy (non-hydrogen) atoms. The third kappa shape index (κ3) is 4.02. The van der Waals surface area contributed by atoms with E-state index in [0.717, 1.165) is 11.1 Å². The number of carboxylic acid groups (broad SMARTS) is 1. The molecule has 7 nitrogen and oxygen atoms in total. The number of nitrogens with zero attached hydrogens (tertiary/aromatic N) is 3. The number of fused-ring (bicyclic) bond motifs is 1. The molecule has 3 N–H and O–H groups in total. The highest BCUT2D eigenvalue weighted by atomic mass is 19.1. The van der Waals surface area contributed by atoms with Crippen molar-refractivity contribution < 1.29 is 19.4 Å². The van der Waals surface area contributed by atoms with Crippen molar-refractivity contribution in [2.45, 2.75) is 19.1 Å². The van der Waals surface area contributed by atoms with Gasteiger partial charge in [-0.05, 0) is 47.4 Å². The molecule has 0 saturated heterocycles. The Balaban J connectivity index is 1.61. The molecule has 8 heteroatoms. The van der Waals surface area contributed by atoms with E-state index in [-0.39, 0.29) is 17.9 Å². The number of aryl methyl sites for hydroxylation is 2. The van der Waals surface area contributed by atoms with Gasteiger partial charge in [-0.2, -0.15) is 0 Å². The number of aliphatic imine (C=N–C) groups is 1. The molecule has 0 fully saturated rings. The summed E-state index contributed by atoms with van der Waals surface area (Å²) in [5, 5.41) is 22.6. The van der Waals surface area contributed by atoms with E-state index < -0.39 is 12.1 Å². The molecule has 0 radical (unpaired) electrons. The molecule has 4 rings (SSSR count). The highest BCUT2D eigenvalue weighted by Crippen LogP contribution is 2.26. The second kappa shape index (κ2) is 7.84. The number of hydrogen-bond donors (Lipinski definition) is 3. The summed E-state index contributed by atoms with van der Waals surface area (Å²) in [6, 6.07) is 11.1. The molecular formula is C21H19FN4O3. The van der Waals surface area contributed by atoms with Crippen molar-refractivity contribution in [3.63, 3.8) is 0 Å². The number of benzene rings is 2. The zero-order chi connectivity index (χ0) is 20.4. The maximum Gasteiger partial charge on any atom is 0.335 e. The van der Waals surface area contributed by atoms with Crippen molar-refractivity contribution in [2.24, 2.45) is 4.99 Å². The molecule has 1 aliphatic rings. The average molecular weight is 394 g/mol. The van der Waals surface area contributed by atoms with Gasteiger partial charge in [0.05, 0.1) is 24.8 Å². The van der Waals surface area contributed by atoms with Crippen LogP contribution >= 0.6 is 0 Å². The largest absolute Gasteiger partial charge is 0.478 e. The summed E-state index contributed by atoms with van der Waals surface area (Å²) >= 11 is 0. The van der Waals surface area contributed by atoms with Crippen LogP contribution in [0.15, 0.2) is 53.8 Å². The molecular weight excluding hydrogens is 375 g/mol. The van der Waals surface area contributed by atoms with Gasteiger partial charge >= 0.3 is 5.97 Å². The number of aromatic nitrogens is 2. The Morgan fingerprint density at radius 3 is 2.76 bits per heavy atom. The van der Waals surface area contributed by atoms with Crippen LogP contribution in [0, 0.1) is 5.82 Å². The second-order valence-corrected chi connectivity index (χ2v) is 6.81. The van der Waals surface area contributed by atoms with Crippen molar-refractivity contribution >= 4 is 18.1 Å². The van der Waals surface area contributed by atoms with Crippen LogP contribution in [-0.2, 0) is 13.0 Å². The fourth-order valence-electron chi connectivity index (χ4n) is 3.33. The monoisotopic (exact) mass is 394 g/mol. The molecule has 1 unspecified atom stereocenters. The van der Waals surface area contributed by atoms with Crippen molar-refractivity contribution in [3.8, 4) is 11.1 Å². The number of anilines is 1. The molecule has 1 atom stereocenters. The number of rotatable bonds is 5. The van der Waals surface area contributed by atoms with Gasteiger partial charge in [-0.3, -0.25) is 4.99 Å². The number of aromatic carboxylic acids is 1. The molecule has 148 valence electrons. The summed E-state index contributed by atoms with van der Waals surface area (Å²) in [4.78, 5) is 19.9. The van der Waals surface area contributed by atoms with Gasteiger partial charge in [0.15, 0.2) is 0 Å². The summed E-state index contributed by atoms with van der Waals surface area (Å²) in [5.74, 6) is -0.693. The Hall–Kier alpha value is -3.52. The Kier molecular flexibility index (Phi) is 5.09. The van der Waals surface area contributed by atoms with Crippen LogP contribution < -0.4 is 5.32 Å². The number of halogens is 1. The number of hydrogen-bond acceptors (Lipinski definition) is 5. The highest BCUT2D eigenvalue weighted by molar-refractivity contribution is 5.89. The Morgan fingerprint density at radius 1 is 1.21 bits per heavy atom. The van der Waals surface area contributed by atoms with Crippen LogP contribution in [0.5, 0.6) is 0 Å². The number of aliphatic hydroxyl groups excluding tert-OH is 1. The lowest BCUT2D eigenvalue weighted by atomic mass is 9.98. The minimum atomic E-state index is -1.02. The first-order chi connectivity index (χ1) is 14.0. The Labute approximate surface area is 166 Å². The molecule has 0 bridgehead atoms. The molecule has 1 aromatic heterocycles. The third-order valence-electron chi connectivity index (χ3n) is 4.81. The van der Waals surface area contributed by atoms with Crippen LogP contribution in [0.2, 0.25) is 0 Å². The second-order valence-electron chi connectivity index (χ2n) is 6.81. The number of aliphatic hydroxyl groups is 1. The quantitative estimate of drug-likeness (QED) is 0.617. The molecule has 0 amide bonds. The molecule has 0 spiro atoms. The van der Waals surface area contributed by atoms with Crippen LogP contribution in [0.25, 0.3) is 11.1 Å². The summed E-state index contributed by atoms with van der Waals surface area (Å²) in [7, 11) is 0. The summed E-state index contributed by atoms with van der Waals surface area (Å²) in [5.41, 5.74) is 2.99. The lowest BCUT2D eigenvalue weighted by Crippen LogP contribution is -2.08. The molecule has 2 heterocycles. The molecule has 0 saturated carbocycles. The van der Waals surface area contributed by atoms with E-state index in [1.165, 1.54) is 18.5 Å². The lowest BCUT2D eigenvalue weighted by molar-refractivity contribution is 0.0696. The fourth-order valence-corrected chi connectivity index (χ4v) is 3.33. The van der Waals surface area contributed by atoms with E-state index in [4.69, 9.17) is 0 Å². The van der Waals surface area contributed by atoms with Crippen LogP contribution in [0.1, 0.15) is 27.7 Å². The first-order valence-corrected chi connectivity index (χ1v) is 9.12. The normalized spacial score (nSPS) is 15.4. The smallest absolute Gasteiger partial charge is 0.335 e. The number of carbonyl (C=O) groups is 1. The number of nitrogens with one attached hydrogen (secondary N) is 1. The predicted molar refractivity (Wildman–Crippen MR) is 107 cm³/mol. The SMILES string of the molecule is O=C(O)c1cc(CCn2cnc3c2NC=NCC3O)cc(-c2ccc(F)cc2)c1. The summed E-state index contributed by atoms with van der Waals surface area (Å²) in [6.45, 7) is 0.778. The minimum absolute atomic E-state index is 0.173. The molecule has 3 aromatic rings. The molecule has 0 aliphatic carbocycles.